The third-order valence-corrected chi connectivity index (χ3v) is 4.44. The fourth-order valence-electron chi connectivity index (χ4n) is 2.94. The van der Waals surface area contributed by atoms with Crippen LogP contribution < -0.4 is 4.57 Å². The molecule has 1 aromatic carbocycles. The Labute approximate surface area is 146 Å². The molecule has 0 aliphatic carbocycles. The maximum Gasteiger partial charge on any atom is 0.415 e. The molecule has 0 bridgehead atoms. The second-order valence-corrected chi connectivity index (χ2v) is 6.29. The first-order valence-corrected chi connectivity index (χ1v) is 8.17. The third-order valence-electron chi connectivity index (χ3n) is 4.21. The maximum absolute atomic E-state index is 12.5. The van der Waals surface area contributed by atoms with Gasteiger partial charge in [0.15, 0.2) is 0 Å². The Balaban J connectivity index is 1.76. The van der Waals surface area contributed by atoms with E-state index in [0.29, 0.717) is 36.5 Å². The van der Waals surface area contributed by atoms with E-state index in [-0.39, 0.29) is 6.03 Å². The zero-order valence-corrected chi connectivity index (χ0v) is 14.2. The lowest BCUT2D eigenvalue weighted by atomic mass is 9.94. The molecule has 6 heteroatoms. The van der Waals surface area contributed by atoms with Crippen molar-refractivity contribution in [2.45, 2.75) is 12.8 Å². The number of rotatable bonds is 1. The number of imidazole rings is 1. The Morgan fingerprint density at radius 2 is 2.08 bits per heavy atom. The summed E-state index contributed by atoms with van der Waals surface area (Å²) in [6.45, 7) is 1.23. The van der Waals surface area contributed by atoms with Crippen LogP contribution in [-0.4, -0.2) is 28.6 Å². The van der Waals surface area contributed by atoms with Gasteiger partial charge in [0.25, 0.3) is 6.33 Å². The third kappa shape index (κ3) is 3.34. The molecular formula is C18H18ClN4O+. The molecule has 1 aliphatic heterocycles. The molecule has 3 rings (SSSR count). The second kappa shape index (κ2) is 6.90. The summed E-state index contributed by atoms with van der Waals surface area (Å²) in [5.41, 5.74) is 2.61. The molecule has 0 radical (unpaired) electrons. The first-order chi connectivity index (χ1) is 11.6. The minimum Gasteiger partial charge on any atom is -0.304 e. The highest BCUT2D eigenvalue weighted by Gasteiger charge is 2.25. The number of aromatic nitrogens is 2. The Morgan fingerprint density at radius 1 is 1.33 bits per heavy atom. The summed E-state index contributed by atoms with van der Waals surface area (Å²) in [4.78, 5) is 14.3. The summed E-state index contributed by atoms with van der Waals surface area (Å²) in [5.74, 6) is 0. The monoisotopic (exact) mass is 341 g/mol. The average Bonchev–Trinajstić information content (AvgIpc) is 3.02. The van der Waals surface area contributed by atoms with E-state index in [1.807, 2.05) is 40.9 Å². The molecule has 1 fully saturated rings. The Bertz CT molecular complexity index is 837. The van der Waals surface area contributed by atoms with Crippen LogP contribution in [0, 0.1) is 11.3 Å². The number of nitrogens with zero attached hydrogens (tertiary/aromatic N) is 4. The maximum atomic E-state index is 12.5. The standard InChI is InChI=1S/C18H18ClN4O/c1-21-9-10-23(13-21)18(24)22-7-5-14(6-8-22)17(12-20)15-3-2-4-16(19)11-15/h2-4,9-11,13H,5-8H2,1H3/q+1. The lowest BCUT2D eigenvalue weighted by molar-refractivity contribution is -0.670. The minimum absolute atomic E-state index is 0.0316. The normalized spacial score (nSPS) is 14.4. The van der Waals surface area contributed by atoms with Crippen LogP contribution in [0.25, 0.3) is 5.57 Å². The summed E-state index contributed by atoms with van der Waals surface area (Å²) in [5, 5.41) is 10.2. The summed E-state index contributed by atoms with van der Waals surface area (Å²) in [6, 6.07) is 9.62. The van der Waals surface area contributed by atoms with Gasteiger partial charge in [0.1, 0.15) is 12.4 Å². The number of aryl methyl sites for hydroxylation is 1. The number of piperidine rings is 1. The van der Waals surface area contributed by atoms with Crippen molar-refractivity contribution in [3.05, 3.63) is 59.1 Å². The van der Waals surface area contributed by atoms with Crippen molar-refractivity contribution in [2.24, 2.45) is 7.05 Å². The lowest BCUT2D eigenvalue weighted by Crippen LogP contribution is -2.39. The smallest absolute Gasteiger partial charge is 0.304 e. The average molecular weight is 342 g/mol. The van der Waals surface area contributed by atoms with Gasteiger partial charge in [-0.2, -0.15) is 9.83 Å². The summed E-state index contributed by atoms with van der Waals surface area (Å²) in [6.07, 6.45) is 6.74. The number of carbonyl (C=O) groups is 1. The number of likely N-dealkylation sites (tertiary alicyclic amines) is 1. The molecule has 0 spiro atoms. The zero-order chi connectivity index (χ0) is 17.1. The Morgan fingerprint density at radius 3 is 2.67 bits per heavy atom. The van der Waals surface area contributed by atoms with E-state index in [1.54, 1.807) is 23.2 Å². The molecule has 1 amide bonds. The highest BCUT2D eigenvalue weighted by atomic mass is 35.5. The first kappa shape index (κ1) is 16.3. The number of amides is 1. The van der Waals surface area contributed by atoms with Gasteiger partial charge >= 0.3 is 6.03 Å². The number of allylic oxidation sites excluding steroid dienone is 1. The lowest BCUT2D eigenvalue weighted by Gasteiger charge is -2.27. The van der Waals surface area contributed by atoms with Gasteiger partial charge in [-0.1, -0.05) is 23.7 Å². The van der Waals surface area contributed by atoms with Crippen molar-refractivity contribution in [2.75, 3.05) is 13.1 Å². The zero-order valence-electron chi connectivity index (χ0n) is 13.4. The van der Waals surface area contributed by atoms with Gasteiger partial charge in [0.2, 0.25) is 0 Å². The van der Waals surface area contributed by atoms with Crippen LogP contribution in [0.2, 0.25) is 5.02 Å². The fraction of sp³-hybridized carbons (Fsp3) is 0.278. The fourth-order valence-corrected chi connectivity index (χ4v) is 3.13. The van der Waals surface area contributed by atoms with E-state index in [1.165, 1.54) is 0 Å². The van der Waals surface area contributed by atoms with Gasteiger partial charge in [-0.05, 0) is 36.1 Å². The quantitative estimate of drug-likeness (QED) is 0.591. The molecule has 1 saturated heterocycles. The van der Waals surface area contributed by atoms with Crippen molar-refractivity contribution in [3.8, 4) is 6.07 Å². The van der Waals surface area contributed by atoms with Gasteiger partial charge in [-0.3, -0.25) is 0 Å². The van der Waals surface area contributed by atoms with Gasteiger partial charge in [0.05, 0.1) is 18.7 Å². The molecular weight excluding hydrogens is 324 g/mol. The highest BCUT2D eigenvalue weighted by Crippen LogP contribution is 2.28. The van der Waals surface area contributed by atoms with Crippen molar-refractivity contribution in [1.29, 1.82) is 5.26 Å². The second-order valence-electron chi connectivity index (χ2n) is 5.86. The molecule has 1 aromatic heterocycles. The number of nitriles is 1. The molecule has 122 valence electrons. The molecule has 1 aliphatic rings. The first-order valence-electron chi connectivity index (χ1n) is 7.79. The van der Waals surface area contributed by atoms with Crippen molar-refractivity contribution in [1.82, 2.24) is 9.47 Å². The molecule has 0 atom stereocenters. The number of hydrogen-bond donors (Lipinski definition) is 0. The summed E-state index contributed by atoms with van der Waals surface area (Å²) >= 11 is 6.03. The molecule has 24 heavy (non-hydrogen) atoms. The number of benzene rings is 1. The van der Waals surface area contributed by atoms with Crippen LogP contribution in [0.15, 0.2) is 48.6 Å². The van der Waals surface area contributed by atoms with Crippen LogP contribution in [0.3, 0.4) is 0 Å². The van der Waals surface area contributed by atoms with Crippen LogP contribution in [-0.2, 0) is 7.05 Å². The molecule has 5 nitrogen and oxygen atoms in total. The summed E-state index contributed by atoms with van der Waals surface area (Å²) in [7, 11) is 1.88. The summed E-state index contributed by atoms with van der Waals surface area (Å²) < 4.78 is 3.41. The highest BCUT2D eigenvalue weighted by molar-refractivity contribution is 6.30. The topological polar surface area (TPSA) is 52.9 Å². The van der Waals surface area contributed by atoms with Crippen molar-refractivity contribution < 1.29 is 9.36 Å². The van der Waals surface area contributed by atoms with E-state index < -0.39 is 0 Å². The van der Waals surface area contributed by atoms with Gasteiger partial charge in [0, 0.05) is 18.1 Å². The van der Waals surface area contributed by atoms with E-state index in [4.69, 9.17) is 11.6 Å². The number of halogens is 1. The largest absolute Gasteiger partial charge is 0.415 e. The van der Waals surface area contributed by atoms with Gasteiger partial charge < -0.3 is 4.90 Å². The van der Waals surface area contributed by atoms with E-state index in [2.05, 4.69) is 6.07 Å². The van der Waals surface area contributed by atoms with Crippen LogP contribution in [0.1, 0.15) is 18.4 Å². The van der Waals surface area contributed by atoms with E-state index in [0.717, 1.165) is 11.1 Å². The van der Waals surface area contributed by atoms with Crippen LogP contribution >= 0.6 is 11.6 Å². The molecule has 0 N–H and O–H groups in total. The van der Waals surface area contributed by atoms with E-state index >= 15 is 0 Å². The van der Waals surface area contributed by atoms with E-state index in [9.17, 15) is 10.1 Å². The predicted molar refractivity (Wildman–Crippen MR) is 91.2 cm³/mol. The number of hydrogen-bond acceptors (Lipinski definition) is 2. The van der Waals surface area contributed by atoms with Crippen molar-refractivity contribution in [3.63, 3.8) is 0 Å². The Hall–Kier alpha value is -2.58. The number of carbonyl (C=O) groups excluding carboxylic acids is 1. The van der Waals surface area contributed by atoms with Gasteiger partial charge in [-0.15, -0.1) is 0 Å². The van der Waals surface area contributed by atoms with Crippen LogP contribution in [0.5, 0.6) is 0 Å². The SMILES string of the molecule is C[n+]1ccn(C(=O)N2CCC(=C(C#N)c3cccc(Cl)c3)CC2)c1. The predicted octanol–water partition coefficient (Wildman–Crippen LogP) is 3.01. The molecule has 2 heterocycles. The minimum atomic E-state index is -0.0316. The van der Waals surface area contributed by atoms with Crippen LogP contribution in [0.4, 0.5) is 4.79 Å². The molecule has 0 saturated carbocycles. The van der Waals surface area contributed by atoms with Crippen molar-refractivity contribution >= 4 is 23.2 Å². The Kier molecular flexibility index (Phi) is 4.68. The molecule has 2 aromatic rings. The van der Waals surface area contributed by atoms with Gasteiger partial charge in [-0.25, -0.2) is 9.36 Å². The molecule has 0 unspecified atom stereocenters.